The first-order valence-electron chi connectivity index (χ1n) is 37.2. The normalized spacial score (nSPS) is 38.8. The van der Waals surface area contributed by atoms with Crippen LogP contribution in [-0.4, -0.2) is 451 Å². The van der Waals surface area contributed by atoms with E-state index in [9.17, 15) is 177 Å². The topological polar surface area (TPSA) is 979 Å². The summed E-state index contributed by atoms with van der Waals surface area (Å²) in [5.74, 6) is -14.3. The molecule has 19 N–H and O–H groups in total. The van der Waals surface area contributed by atoms with Crippen molar-refractivity contribution in [2.45, 2.75) is 292 Å². The predicted octanol–water partition coefficient (Wildman–Crippen LogP) is -47.7. The molecule has 2 unspecified atom stereocenters. The van der Waals surface area contributed by atoms with Crippen molar-refractivity contribution in [1.82, 2.24) is 21.3 Å². The van der Waals surface area contributed by atoms with Gasteiger partial charge in [0, 0.05) is 34.3 Å². The van der Waals surface area contributed by atoms with Crippen LogP contribution in [0, 0.1) is 0 Å². The Kier molecular flexibility index (Phi) is 61.1. The van der Waals surface area contributed by atoms with Gasteiger partial charge in [-0.25, -0.2) is 33.7 Å². The molecular formula is C61H89N5Na8O57S4. The molecule has 0 aromatic heterocycles. The minimum atomic E-state index is -5.99. The van der Waals surface area contributed by atoms with E-state index in [1.165, 1.54) is 0 Å². The first-order valence-corrected chi connectivity index (χ1v) is 42.6. The molecule has 0 aromatic rings. The van der Waals surface area contributed by atoms with E-state index in [2.05, 4.69) is 22.0 Å². The van der Waals surface area contributed by atoms with E-state index in [0.717, 1.165) is 13.8 Å². The molecule has 0 aromatic carbocycles. The number of aliphatic carboxylic acids is 4. The molecule has 732 valence electrons. The number of carbonyl (C=O) groups is 8. The van der Waals surface area contributed by atoms with Gasteiger partial charge in [0.15, 0.2) is 50.3 Å². The third kappa shape index (κ3) is 38.2. The molecule has 40 atom stereocenters. The fourth-order valence-electron chi connectivity index (χ4n) is 14.3. The summed E-state index contributed by atoms with van der Waals surface area (Å²) in [4.78, 5) is 102. The monoisotopic (exact) mass is 2120 g/mol. The summed E-state index contributed by atoms with van der Waals surface area (Å²) in [6.07, 6.45) is -92.5. The van der Waals surface area contributed by atoms with Crippen molar-refractivity contribution in [3.05, 3.63) is 0 Å². The first kappa shape index (κ1) is 137. The number of unbranched alkanes of at least 4 members (excludes halogenated alkanes) is 2. The van der Waals surface area contributed by atoms with Gasteiger partial charge >= 0.3 is 236 Å². The van der Waals surface area contributed by atoms with Crippen LogP contribution in [0.5, 0.6) is 0 Å². The van der Waals surface area contributed by atoms with Gasteiger partial charge in [0.25, 0.3) is 0 Å². The summed E-state index contributed by atoms with van der Waals surface area (Å²) < 4.78 is 247. The molecule has 0 aliphatic carbocycles. The van der Waals surface area contributed by atoms with Gasteiger partial charge in [-0.3, -0.25) is 35.9 Å². The molecule has 8 fully saturated rings. The number of amides is 4. The summed E-state index contributed by atoms with van der Waals surface area (Å²) in [6, 6.07) is -9.08. The smallest absolute Gasteiger partial charge is 0.726 e. The number of carbonyl (C=O) groups excluding carboxylic acids is 8. The zero-order valence-electron chi connectivity index (χ0n) is 73.4. The molecule has 0 spiro atoms. The van der Waals surface area contributed by atoms with Crippen LogP contribution >= 0.6 is 0 Å². The van der Waals surface area contributed by atoms with Gasteiger partial charge in [0.05, 0.1) is 50.3 Å². The molecular weight excluding hydrogens is 2030 g/mol. The minimum Gasteiger partial charge on any atom is -0.726 e. The van der Waals surface area contributed by atoms with Crippen LogP contribution in [0.25, 0.3) is 0 Å². The number of carboxylic acids is 4. The van der Waals surface area contributed by atoms with Crippen molar-refractivity contribution < 1.29 is 506 Å². The first-order chi connectivity index (χ1) is 58.9. The van der Waals surface area contributed by atoms with Crippen molar-refractivity contribution in [3.63, 3.8) is 0 Å². The Morgan fingerprint density at radius 2 is 0.496 bits per heavy atom. The molecule has 0 bridgehead atoms. The summed E-state index contributed by atoms with van der Waals surface area (Å²) in [6.45, 7) is -3.45. The summed E-state index contributed by atoms with van der Waals surface area (Å²) >= 11 is 0. The number of ether oxygens (including phenoxy) is 16. The van der Waals surface area contributed by atoms with Crippen molar-refractivity contribution in [2.75, 3.05) is 39.6 Å². The van der Waals surface area contributed by atoms with E-state index >= 15 is 0 Å². The number of nitrogens with one attached hydrogen (secondary N) is 4. The second-order valence-electron chi connectivity index (χ2n) is 29.1. The van der Waals surface area contributed by atoms with E-state index < -0.39 is 361 Å². The van der Waals surface area contributed by atoms with Crippen LogP contribution in [0.2, 0.25) is 0 Å². The van der Waals surface area contributed by atoms with E-state index in [0.29, 0.717) is 26.7 Å². The Bertz CT molecular complexity index is 4270. The third-order valence-electron chi connectivity index (χ3n) is 20.0. The van der Waals surface area contributed by atoms with Crippen molar-refractivity contribution in [3.8, 4) is 0 Å². The van der Waals surface area contributed by atoms with Gasteiger partial charge in [-0.15, -0.1) is 0 Å². The molecule has 8 aliphatic rings. The predicted molar refractivity (Wildman–Crippen MR) is 363 cm³/mol. The minimum absolute atomic E-state index is 0. The number of rotatable bonds is 40. The average Bonchev–Trinajstić information content (AvgIpc) is 0.749. The fraction of sp³-hybridized carbons (Fsp3) is 0.869. The van der Waals surface area contributed by atoms with Gasteiger partial charge < -0.3 is 227 Å². The van der Waals surface area contributed by atoms with Crippen molar-refractivity contribution in [1.29, 1.82) is 0 Å². The van der Waals surface area contributed by atoms with Gasteiger partial charge in [0.1, 0.15) is 195 Å². The number of aliphatic hydroxyl groups is 13. The Morgan fingerprint density at radius 1 is 0.281 bits per heavy atom. The maximum Gasteiger partial charge on any atom is 1.00 e. The Balaban J connectivity index is 0.0000224. The van der Waals surface area contributed by atoms with Gasteiger partial charge in [-0.05, 0) is 25.8 Å². The quantitative estimate of drug-likeness (QED) is 0.0117. The van der Waals surface area contributed by atoms with E-state index in [-0.39, 0.29) is 256 Å². The maximum absolute atomic E-state index is 13.2. The average molecular weight is 2120 g/mol. The number of hydrogen-bond donors (Lipinski definition) is 18. The third-order valence-corrected chi connectivity index (χ3v) is 21.7. The molecule has 62 nitrogen and oxygen atoms in total. The van der Waals surface area contributed by atoms with E-state index in [4.69, 9.17) is 81.5 Å². The summed E-state index contributed by atoms with van der Waals surface area (Å²) in [5.41, 5.74) is 5.48. The summed E-state index contributed by atoms with van der Waals surface area (Å²) in [5, 5.41) is 210. The second-order valence-corrected chi connectivity index (χ2v) is 33.3. The molecule has 74 heteroatoms. The van der Waals surface area contributed by atoms with Crippen LogP contribution in [0.4, 0.5) is 0 Å². The largest absolute Gasteiger partial charge is 1.00 e. The number of carboxylic acid groups (broad SMARTS) is 4. The number of aliphatic hydroxyl groups excluding tert-OH is 13. The van der Waals surface area contributed by atoms with E-state index in [1.807, 2.05) is 16.0 Å². The summed E-state index contributed by atoms with van der Waals surface area (Å²) in [7, 11) is -23.4. The molecule has 135 heavy (non-hydrogen) atoms. The Hall–Kier alpha value is 2.04. The number of hydrogen-bond acceptors (Lipinski definition) is 58. The van der Waals surface area contributed by atoms with Crippen LogP contribution < -0.4 is 284 Å². The van der Waals surface area contributed by atoms with Crippen LogP contribution in [0.3, 0.4) is 0 Å². The van der Waals surface area contributed by atoms with Crippen LogP contribution in [0.1, 0.15) is 47.0 Å². The molecule has 0 radical (unpaired) electrons. The molecule has 0 saturated carbocycles. The van der Waals surface area contributed by atoms with Crippen LogP contribution in [0.15, 0.2) is 0 Å². The second kappa shape index (κ2) is 60.2. The molecule has 8 saturated heterocycles. The van der Waals surface area contributed by atoms with Gasteiger partial charge in [-0.2, -0.15) is 0 Å². The van der Waals surface area contributed by atoms with Crippen molar-refractivity contribution >= 4 is 89.1 Å². The zero-order chi connectivity index (χ0) is 95.0. The zero-order valence-corrected chi connectivity index (χ0v) is 92.7. The number of nitrogens with two attached hydrogens (primary N) is 1. The van der Waals surface area contributed by atoms with Gasteiger partial charge in [0.2, 0.25) is 65.2 Å². The Labute approximate surface area is 942 Å². The molecule has 8 heterocycles. The van der Waals surface area contributed by atoms with Crippen LogP contribution in [-0.2, 0) is 172 Å². The van der Waals surface area contributed by atoms with E-state index in [1.54, 1.807) is 0 Å². The maximum atomic E-state index is 13.2. The Morgan fingerprint density at radius 3 is 0.726 bits per heavy atom. The standard InChI is InChI=1S/C61H97N5O57S4.8Na/c1-14(67)63-22-27(72)26(71)18(10-105-124(92,93)94)109-54(22)116-43-32(77)36(81)59(121-47(43)51(86)87)113-40-20(12-107-126(98,99)100)111-56(24(29(40)74)65-16(3)69)118-45-34(79)38(83)61(123-49(45)53(90)91)115-41-21(13-108-127(101,102)103)112-57(25(30(41)75)66-17(4)70)119-44-33(78)37(82)60(122-48(44)52(88)89)114-39-19(11-106-125(95,96)97)110-55(23(28(39)73)64-15(2)68)117-42-31(76)35(80)58(120-46(42)50(84)85)104-9-7-5-6-8-62;;;;;;;;/h18-49,54-61,71-83H,5-13,62H2,1-4H3,(H,63,67)(H,64,68)(H,65,69)(H,66,70)(H,84,85)(H,86,87)(H,88,89)(H,90,91)(H,92,93,94)(H,95,96,97)(H,98,99,100)(H,101,102,103);;;;;;;;/q;8*+1/p-8/t18-,19-,20-,21-,22-,23-,24-,25-,26-,27-,28-,29-,30-,31-,32-,33-,34-,35-,36-,37-,38-,39-,40-,41-,42+,43+,44+,45+,46?,47-,48-,49?,54-,55-,56-,57-,58-,59-,60-,61-;;;;;;;;/m1......../s1. The SMILES string of the molecule is CC(=O)N[C@H]1[C@@H](O[C@@H]2C(C(=O)[O-])O[C@@H](OCCCCCN)[C@H](O)[C@H]2O)O[C@H](COS(=O)(=O)[O-])[C@@H](O[C@@H]2O[C@@H](C(=O)[O-])[C@@H](O[C@H]3O[C@H](COS(=O)(=O)[O-])[C@@H](O[C@@H]4OC(C(=O)[O-])[C@@H](O[C@H]5O[C@H](COS(=O)(=O)[O-])[C@@H](O[C@@H]6O[C@@H](C(=O)[O-])[C@@H](O[C@H]7O[C@H](COS(=O)(=O)[O-])[C@@H](O)[C@H](O)[C@H]7NC(C)=O)[C@H](O)[C@H]6O)[C@H](O)[C@H]5NC(C)=O)[C@H](O)[C@H]4O)[C@H](O)[C@H]3NC(C)=O)[C@H](O)[C@H]2O)[C@@H]1O.[Na+].[Na+].[Na+].[Na+].[Na+].[Na+].[Na+].[Na+]. The molecule has 8 aliphatic heterocycles. The molecule has 8 rings (SSSR count). The van der Waals surface area contributed by atoms with Gasteiger partial charge in [-0.1, -0.05) is 0 Å². The molecule has 4 amide bonds. The fourth-order valence-corrected chi connectivity index (χ4v) is 15.5. The van der Waals surface area contributed by atoms with Crippen molar-refractivity contribution in [2.24, 2.45) is 5.73 Å².